The molecule has 0 N–H and O–H groups in total. The third-order valence-corrected chi connectivity index (χ3v) is 4.59. The summed E-state index contributed by atoms with van der Waals surface area (Å²) in [6, 6.07) is 10.3. The summed E-state index contributed by atoms with van der Waals surface area (Å²) in [5, 5.41) is 0. The van der Waals surface area contributed by atoms with Crippen LogP contribution >= 0.6 is 0 Å². The van der Waals surface area contributed by atoms with E-state index in [4.69, 9.17) is 0 Å². The van der Waals surface area contributed by atoms with Crippen LogP contribution in [0.3, 0.4) is 0 Å². The normalized spacial score (nSPS) is 14.9. The van der Waals surface area contributed by atoms with Crippen LogP contribution in [0.5, 0.6) is 0 Å². The Morgan fingerprint density at radius 2 is 1.50 bits per heavy atom. The molecule has 1 fully saturated rings. The second-order valence-electron chi connectivity index (χ2n) is 6.38. The van der Waals surface area contributed by atoms with Crippen LogP contribution in [0.1, 0.15) is 32.7 Å². The molecule has 2 aromatic carbocycles. The second-order valence-corrected chi connectivity index (χ2v) is 6.38. The summed E-state index contributed by atoms with van der Waals surface area (Å²) < 4.78 is 27.6. The van der Waals surface area contributed by atoms with Gasteiger partial charge >= 0.3 is 0 Å². The van der Waals surface area contributed by atoms with Gasteiger partial charge in [0.15, 0.2) is 0 Å². The molecule has 6 heteroatoms. The molecule has 0 atom stereocenters. The molecule has 0 unspecified atom stereocenters. The Hall–Kier alpha value is -2.76. The number of nitrogens with zero attached hydrogens (tertiary/aromatic N) is 2. The van der Waals surface area contributed by atoms with E-state index in [1.807, 2.05) is 0 Å². The largest absolute Gasteiger partial charge is 0.337 e. The van der Waals surface area contributed by atoms with Gasteiger partial charge in [0.25, 0.3) is 11.8 Å². The molecule has 0 saturated carbocycles. The topological polar surface area (TPSA) is 40.6 Å². The SMILES string of the molecule is Cc1ccc(C(=O)N2CCCN(C(=O)c3ccccc3F)CC2)cc1F. The van der Waals surface area contributed by atoms with Crippen molar-refractivity contribution in [3.8, 4) is 0 Å². The van der Waals surface area contributed by atoms with Crippen molar-refractivity contribution in [3.05, 3.63) is 70.8 Å². The fourth-order valence-corrected chi connectivity index (χ4v) is 3.04. The maximum atomic E-state index is 13.8. The van der Waals surface area contributed by atoms with E-state index in [1.54, 1.807) is 34.9 Å². The predicted molar refractivity (Wildman–Crippen MR) is 94.0 cm³/mol. The zero-order valence-electron chi connectivity index (χ0n) is 14.5. The van der Waals surface area contributed by atoms with E-state index in [1.165, 1.54) is 24.3 Å². The summed E-state index contributed by atoms with van der Waals surface area (Å²) in [6.07, 6.45) is 0.584. The molecule has 0 bridgehead atoms. The van der Waals surface area contributed by atoms with Crippen molar-refractivity contribution in [2.45, 2.75) is 13.3 Å². The van der Waals surface area contributed by atoms with E-state index in [0.717, 1.165) is 0 Å². The molecule has 2 aromatic rings. The monoisotopic (exact) mass is 358 g/mol. The Balaban J connectivity index is 1.70. The Kier molecular flexibility index (Phi) is 5.30. The maximum absolute atomic E-state index is 13.8. The summed E-state index contributed by atoms with van der Waals surface area (Å²) in [5.41, 5.74) is 0.814. The number of rotatable bonds is 2. The number of hydrogen-bond acceptors (Lipinski definition) is 2. The molecule has 136 valence electrons. The first kappa shape index (κ1) is 18.0. The standard InChI is InChI=1S/C20H20F2N2O2/c1-14-7-8-15(13-18(14)22)19(25)23-9-4-10-24(12-11-23)20(26)16-5-2-3-6-17(16)21/h2-3,5-8,13H,4,9-12H2,1H3. The second kappa shape index (κ2) is 7.64. The minimum Gasteiger partial charge on any atom is -0.337 e. The number of hydrogen-bond donors (Lipinski definition) is 0. The van der Waals surface area contributed by atoms with Crippen LogP contribution in [0, 0.1) is 18.6 Å². The van der Waals surface area contributed by atoms with Crippen LogP contribution in [-0.2, 0) is 0 Å². The van der Waals surface area contributed by atoms with Crippen LogP contribution in [-0.4, -0.2) is 47.8 Å². The number of carbonyl (C=O) groups is 2. The molecule has 0 aromatic heterocycles. The first-order chi connectivity index (χ1) is 12.5. The minimum absolute atomic E-state index is 0.0351. The fraction of sp³-hybridized carbons (Fsp3) is 0.300. The number of aryl methyl sites for hydroxylation is 1. The van der Waals surface area contributed by atoms with Crippen molar-refractivity contribution >= 4 is 11.8 Å². The Bertz CT molecular complexity index is 838. The minimum atomic E-state index is -0.551. The van der Waals surface area contributed by atoms with Gasteiger partial charge in [0.1, 0.15) is 11.6 Å². The van der Waals surface area contributed by atoms with E-state index in [-0.39, 0.29) is 17.4 Å². The number of benzene rings is 2. The Morgan fingerprint density at radius 1 is 0.846 bits per heavy atom. The summed E-state index contributed by atoms with van der Waals surface area (Å²) in [7, 11) is 0. The number of amides is 2. The van der Waals surface area contributed by atoms with Gasteiger partial charge in [-0.25, -0.2) is 8.78 Å². The highest BCUT2D eigenvalue weighted by Crippen LogP contribution is 2.15. The van der Waals surface area contributed by atoms with Gasteiger partial charge in [0, 0.05) is 31.7 Å². The van der Waals surface area contributed by atoms with Crippen molar-refractivity contribution in [3.63, 3.8) is 0 Å². The summed E-state index contributed by atoms with van der Waals surface area (Å²) >= 11 is 0. The van der Waals surface area contributed by atoms with Gasteiger partial charge in [-0.2, -0.15) is 0 Å². The molecule has 3 rings (SSSR count). The summed E-state index contributed by atoms with van der Waals surface area (Å²) in [6.45, 7) is 3.19. The van der Waals surface area contributed by atoms with Gasteiger partial charge in [-0.05, 0) is 43.2 Å². The van der Waals surface area contributed by atoms with Crippen LogP contribution in [0.25, 0.3) is 0 Å². The lowest BCUT2D eigenvalue weighted by atomic mass is 10.1. The zero-order valence-corrected chi connectivity index (χ0v) is 14.5. The van der Waals surface area contributed by atoms with Gasteiger partial charge < -0.3 is 9.80 Å². The molecule has 0 spiro atoms. The van der Waals surface area contributed by atoms with Crippen molar-refractivity contribution in [1.82, 2.24) is 9.80 Å². The van der Waals surface area contributed by atoms with E-state index >= 15 is 0 Å². The Labute approximate surface area is 151 Å². The average molecular weight is 358 g/mol. The van der Waals surface area contributed by atoms with Gasteiger partial charge in [-0.15, -0.1) is 0 Å². The summed E-state index contributed by atoms with van der Waals surface area (Å²) in [5.74, 6) is -1.60. The molecule has 1 heterocycles. The first-order valence-electron chi connectivity index (χ1n) is 8.56. The molecule has 26 heavy (non-hydrogen) atoms. The molecule has 2 amide bonds. The fourth-order valence-electron chi connectivity index (χ4n) is 3.04. The molecular weight excluding hydrogens is 338 g/mol. The summed E-state index contributed by atoms with van der Waals surface area (Å²) in [4.78, 5) is 28.3. The highest BCUT2D eigenvalue weighted by molar-refractivity contribution is 5.95. The van der Waals surface area contributed by atoms with E-state index in [9.17, 15) is 18.4 Å². The van der Waals surface area contributed by atoms with Crippen LogP contribution in [0.2, 0.25) is 0 Å². The molecule has 0 aliphatic carbocycles. The van der Waals surface area contributed by atoms with Crippen molar-refractivity contribution in [1.29, 1.82) is 0 Å². The third-order valence-electron chi connectivity index (χ3n) is 4.59. The molecular formula is C20H20F2N2O2. The van der Waals surface area contributed by atoms with Crippen LogP contribution in [0.4, 0.5) is 8.78 Å². The van der Waals surface area contributed by atoms with Gasteiger partial charge in [0.05, 0.1) is 5.56 Å². The van der Waals surface area contributed by atoms with Crippen LogP contribution in [0.15, 0.2) is 42.5 Å². The molecule has 4 nitrogen and oxygen atoms in total. The highest BCUT2D eigenvalue weighted by atomic mass is 19.1. The molecule has 1 saturated heterocycles. The molecule has 0 radical (unpaired) electrons. The first-order valence-corrected chi connectivity index (χ1v) is 8.56. The lowest BCUT2D eigenvalue weighted by Gasteiger charge is -2.22. The van der Waals surface area contributed by atoms with Gasteiger partial charge in [-0.3, -0.25) is 9.59 Å². The van der Waals surface area contributed by atoms with Crippen molar-refractivity contribution < 1.29 is 18.4 Å². The van der Waals surface area contributed by atoms with E-state index in [2.05, 4.69) is 0 Å². The van der Waals surface area contributed by atoms with Gasteiger partial charge in [-0.1, -0.05) is 18.2 Å². The smallest absolute Gasteiger partial charge is 0.256 e. The van der Waals surface area contributed by atoms with E-state index in [0.29, 0.717) is 43.7 Å². The number of carbonyl (C=O) groups excluding carboxylic acids is 2. The Morgan fingerprint density at radius 3 is 2.15 bits per heavy atom. The number of halogens is 2. The zero-order chi connectivity index (χ0) is 18.7. The maximum Gasteiger partial charge on any atom is 0.256 e. The van der Waals surface area contributed by atoms with E-state index < -0.39 is 11.6 Å². The lowest BCUT2D eigenvalue weighted by molar-refractivity contribution is 0.0716. The highest BCUT2D eigenvalue weighted by Gasteiger charge is 2.25. The van der Waals surface area contributed by atoms with Gasteiger partial charge in [0.2, 0.25) is 0 Å². The predicted octanol–water partition coefficient (Wildman–Crippen LogP) is 3.26. The van der Waals surface area contributed by atoms with Crippen LogP contribution < -0.4 is 0 Å². The van der Waals surface area contributed by atoms with Crippen molar-refractivity contribution in [2.75, 3.05) is 26.2 Å². The molecule has 1 aliphatic rings. The van der Waals surface area contributed by atoms with Crippen molar-refractivity contribution in [2.24, 2.45) is 0 Å². The lowest BCUT2D eigenvalue weighted by Crippen LogP contribution is -2.37. The third kappa shape index (κ3) is 3.74. The average Bonchev–Trinajstić information content (AvgIpc) is 2.89. The quantitative estimate of drug-likeness (QED) is 0.827. The molecule has 1 aliphatic heterocycles.